The zero-order valence-corrected chi connectivity index (χ0v) is 9.57. The maximum atomic E-state index is 8.90. The molecule has 0 atom stereocenters. The predicted molar refractivity (Wildman–Crippen MR) is 64.4 cm³/mol. The van der Waals surface area contributed by atoms with E-state index in [1.54, 1.807) is 11.3 Å². The maximum Gasteiger partial charge on any atom is 0.108 e. The molecule has 0 spiro atoms. The number of aromatic nitrogens is 1. The van der Waals surface area contributed by atoms with Crippen molar-refractivity contribution in [2.45, 2.75) is 12.6 Å². The first kappa shape index (κ1) is 11.5. The molecule has 1 aromatic heterocycles. The van der Waals surface area contributed by atoms with Crippen molar-refractivity contribution in [3.8, 4) is 0 Å². The summed E-state index contributed by atoms with van der Waals surface area (Å²) in [7, 11) is 0. The first-order valence-electron chi connectivity index (χ1n) is 5.13. The Labute approximate surface area is 97.6 Å². The number of thiazole rings is 1. The molecule has 0 aliphatic carbocycles. The lowest BCUT2D eigenvalue weighted by Gasteiger charge is -2.11. The molecular weight excluding hydrogens is 224 g/mol. The van der Waals surface area contributed by atoms with Crippen molar-refractivity contribution >= 4 is 21.6 Å². The Morgan fingerprint density at radius 3 is 2.69 bits per heavy atom. The van der Waals surface area contributed by atoms with Gasteiger partial charge < -0.3 is 15.5 Å². The van der Waals surface area contributed by atoms with Crippen LogP contribution in [0.1, 0.15) is 5.01 Å². The molecule has 0 bridgehead atoms. The van der Waals surface area contributed by atoms with Crippen molar-refractivity contribution < 1.29 is 10.2 Å². The van der Waals surface area contributed by atoms with Gasteiger partial charge in [0.15, 0.2) is 0 Å². The number of fused-ring (bicyclic) bond motifs is 1. The Balaban J connectivity index is 2.04. The zero-order valence-electron chi connectivity index (χ0n) is 8.76. The van der Waals surface area contributed by atoms with Crippen LogP contribution in [0.4, 0.5) is 0 Å². The van der Waals surface area contributed by atoms with Gasteiger partial charge in [0, 0.05) is 6.54 Å². The second kappa shape index (κ2) is 5.36. The molecule has 0 radical (unpaired) electrons. The summed E-state index contributed by atoms with van der Waals surface area (Å²) in [6, 6.07) is 7.69. The first-order valence-corrected chi connectivity index (χ1v) is 5.94. The number of para-hydroxylation sites is 1. The minimum absolute atomic E-state index is 0.0681. The Morgan fingerprint density at radius 1 is 1.25 bits per heavy atom. The SMILES string of the molecule is OCC(CO)NCc1nc2ccccc2s1. The average molecular weight is 238 g/mol. The third-order valence-electron chi connectivity index (χ3n) is 2.32. The van der Waals surface area contributed by atoms with Crippen molar-refractivity contribution in [3.63, 3.8) is 0 Å². The number of aliphatic hydroxyl groups excluding tert-OH is 2. The lowest BCUT2D eigenvalue weighted by Crippen LogP contribution is -2.35. The van der Waals surface area contributed by atoms with Gasteiger partial charge >= 0.3 is 0 Å². The molecule has 16 heavy (non-hydrogen) atoms. The van der Waals surface area contributed by atoms with Crippen molar-refractivity contribution in [2.24, 2.45) is 0 Å². The number of hydrogen-bond donors (Lipinski definition) is 3. The third-order valence-corrected chi connectivity index (χ3v) is 3.36. The fourth-order valence-corrected chi connectivity index (χ4v) is 2.33. The molecule has 1 heterocycles. The molecule has 86 valence electrons. The van der Waals surface area contributed by atoms with Gasteiger partial charge in [0.1, 0.15) is 5.01 Å². The summed E-state index contributed by atoms with van der Waals surface area (Å²) in [6.07, 6.45) is 0. The molecule has 2 rings (SSSR count). The minimum Gasteiger partial charge on any atom is -0.395 e. The van der Waals surface area contributed by atoms with Crippen molar-refractivity contribution in [2.75, 3.05) is 13.2 Å². The Bertz CT molecular complexity index is 421. The zero-order chi connectivity index (χ0) is 11.4. The van der Waals surface area contributed by atoms with Gasteiger partial charge in [0.2, 0.25) is 0 Å². The Hall–Kier alpha value is -1.01. The Kier molecular flexibility index (Phi) is 3.84. The van der Waals surface area contributed by atoms with E-state index in [1.807, 2.05) is 24.3 Å². The number of nitrogens with one attached hydrogen (secondary N) is 1. The topological polar surface area (TPSA) is 65.4 Å². The molecule has 3 N–H and O–H groups in total. The smallest absolute Gasteiger partial charge is 0.108 e. The summed E-state index contributed by atoms with van der Waals surface area (Å²) in [5, 5.41) is 21.8. The lowest BCUT2D eigenvalue weighted by molar-refractivity contribution is 0.170. The summed E-state index contributed by atoms with van der Waals surface area (Å²) < 4.78 is 1.16. The van der Waals surface area contributed by atoms with E-state index < -0.39 is 0 Å². The average Bonchev–Trinajstić information content (AvgIpc) is 2.73. The van der Waals surface area contributed by atoms with Crippen LogP contribution in [0.3, 0.4) is 0 Å². The highest BCUT2D eigenvalue weighted by Crippen LogP contribution is 2.21. The largest absolute Gasteiger partial charge is 0.395 e. The van der Waals surface area contributed by atoms with E-state index in [2.05, 4.69) is 10.3 Å². The van der Waals surface area contributed by atoms with Crippen LogP contribution in [0, 0.1) is 0 Å². The van der Waals surface area contributed by atoms with Gasteiger partial charge in [-0.1, -0.05) is 12.1 Å². The summed E-state index contributed by atoms with van der Waals surface area (Å²) >= 11 is 1.62. The van der Waals surface area contributed by atoms with Crippen molar-refractivity contribution in [1.82, 2.24) is 10.3 Å². The van der Waals surface area contributed by atoms with Crippen LogP contribution in [-0.2, 0) is 6.54 Å². The number of rotatable bonds is 5. The molecule has 0 amide bonds. The monoisotopic (exact) mass is 238 g/mol. The molecule has 0 aliphatic heterocycles. The Morgan fingerprint density at radius 2 is 2.00 bits per heavy atom. The molecule has 0 unspecified atom stereocenters. The van der Waals surface area contributed by atoms with Crippen LogP contribution in [0.2, 0.25) is 0 Å². The van der Waals surface area contributed by atoms with E-state index in [0.717, 1.165) is 15.2 Å². The van der Waals surface area contributed by atoms with Gasteiger partial charge in [-0.3, -0.25) is 0 Å². The van der Waals surface area contributed by atoms with E-state index in [9.17, 15) is 0 Å². The second-order valence-corrected chi connectivity index (χ2v) is 4.63. The van der Waals surface area contributed by atoms with Gasteiger partial charge in [0.25, 0.3) is 0 Å². The van der Waals surface area contributed by atoms with Crippen LogP contribution in [0.25, 0.3) is 10.2 Å². The second-order valence-electron chi connectivity index (χ2n) is 3.52. The lowest BCUT2D eigenvalue weighted by atomic mass is 10.3. The molecule has 0 saturated carbocycles. The number of benzene rings is 1. The first-order chi connectivity index (χ1) is 7.83. The highest BCUT2D eigenvalue weighted by atomic mass is 32.1. The summed E-state index contributed by atoms with van der Waals surface area (Å²) in [5.74, 6) is 0. The van der Waals surface area contributed by atoms with Crippen molar-refractivity contribution in [3.05, 3.63) is 29.3 Å². The van der Waals surface area contributed by atoms with Crippen LogP contribution in [0.15, 0.2) is 24.3 Å². The van der Waals surface area contributed by atoms with Gasteiger partial charge in [0.05, 0.1) is 29.5 Å². The highest BCUT2D eigenvalue weighted by molar-refractivity contribution is 7.18. The van der Waals surface area contributed by atoms with Gasteiger partial charge in [-0.25, -0.2) is 4.98 Å². The summed E-state index contributed by atoms with van der Waals surface area (Å²) in [4.78, 5) is 4.45. The normalized spacial score (nSPS) is 11.4. The standard InChI is InChI=1S/C11H14N2O2S/c14-6-8(7-15)12-5-11-13-9-3-1-2-4-10(9)16-11/h1-4,8,12,14-15H,5-7H2. The number of aliphatic hydroxyl groups is 2. The molecule has 4 nitrogen and oxygen atoms in total. The van der Waals surface area contributed by atoms with Crippen LogP contribution in [0.5, 0.6) is 0 Å². The van der Waals surface area contributed by atoms with E-state index in [4.69, 9.17) is 10.2 Å². The maximum absolute atomic E-state index is 8.90. The molecule has 1 aromatic carbocycles. The van der Waals surface area contributed by atoms with Crippen LogP contribution < -0.4 is 5.32 Å². The van der Waals surface area contributed by atoms with Crippen LogP contribution in [-0.4, -0.2) is 34.5 Å². The molecule has 2 aromatic rings. The van der Waals surface area contributed by atoms with Gasteiger partial charge in [-0.15, -0.1) is 11.3 Å². The predicted octanol–water partition coefficient (Wildman–Crippen LogP) is 0.739. The minimum atomic E-state index is -0.271. The summed E-state index contributed by atoms with van der Waals surface area (Å²) in [6.45, 7) is 0.438. The van der Waals surface area contributed by atoms with E-state index >= 15 is 0 Å². The highest BCUT2D eigenvalue weighted by Gasteiger charge is 2.07. The molecule has 0 saturated heterocycles. The fraction of sp³-hybridized carbons (Fsp3) is 0.364. The van der Waals surface area contributed by atoms with Crippen LogP contribution >= 0.6 is 11.3 Å². The molecule has 0 aliphatic rings. The summed E-state index contributed by atoms with van der Waals surface area (Å²) in [5.41, 5.74) is 0.994. The molecule has 5 heteroatoms. The van der Waals surface area contributed by atoms with Gasteiger partial charge in [-0.05, 0) is 12.1 Å². The molecular formula is C11H14N2O2S. The fourth-order valence-electron chi connectivity index (χ4n) is 1.41. The number of hydrogen-bond acceptors (Lipinski definition) is 5. The number of nitrogens with zero attached hydrogens (tertiary/aromatic N) is 1. The third kappa shape index (κ3) is 2.56. The molecule has 0 fully saturated rings. The van der Waals surface area contributed by atoms with E-state index in [0.29, 0.717) is 6.54 Å². The van der Waals surface area contributed by atoms with Gasteiger partial charge in [-0.2, -0.15) is 0 Å². The van der Waals surface area contributed by atoms with E-state index in [1.165, 1.54) is 0 Å². The quantitative estimate of drug-likeness (QED) is 0.719. The van der Waals surface area contributed by atoms with Crippen molar-refractivity contribution in [1.29, 1.82) is 0 Å². The van der Waals surface area contributed by atoms with E-state index in [-0.39, 0.29) is 19.3 Å².